The molecule has 1 N–H and O–H groups in total. The molecule has 0 saturated heterocycles. The molecule has 0 radical (unpaired) electrons. The lowest BCUT2D eigenvalue weighted by molar-refractivity contribution is -0.168. The number of halogens is 3. The molecule has 2 aromatic rings. The quantitative estimate of drug-likeness (QED) is 0.743. The third-order valence-electron chi connectivity index (χ3n) is 4.43. The number of nitrogens with one attached hydrogen (secondary N) is 1. The van der Waals surface area contributed by atoms with E-state index >= 15 is 0 Å². The van der Waals surface area contributed by atoms with Gasteiger partial charge in [0.1, 0.15) is 0 Å². The molecule has 2 aliphatic heterocycles. The minimum absolute atomic E-state index is 0.00945. The number of rotatable bonds is 3. The van der Waals surface area contributed by atoms with Crippen LogP contribution in [0.1, 0.15) is 32.7 Å². The average molecular weight is 436 g/mol. The lowest BCUT2D eigenvalue weighted by atomic mass is 10.1. The van der Waals surface area contributed by atoms with E-state index in [2.05, 4.69) is 5.32 Å². The van der Waals surface area contributed by atoms with Crippen LogP contribution in [0.3, 0.4) is 0 Å². The Morgan fingerprint density at radius 2 is 1.70 bits per heavy atom. The highest BCUT2D eigenvalue weighted by atomic mass is 32.2. The minimum Gasteiger partial charge on any atom is -0.330 e. The Hall–Kier alpha value is -3.34. The van der Waals surface area contributed by atoms with Crippen molar-refractivity contribution in [3.63, 3.8) is 0 Å². The predicted molar refractivity (Wildman–Crippen MR) is 97.4 cm³/mol. The minimum atomic E-state index is -4.56. The number of anilines is 1. The van der Waals surface area contributed by atoms with E-state index in [1.807, 2.05) is 0 Å². The molecule has 154 valence electrons. The maximum absolute atomic E-state index is 12.8. The smallest absolute Gasteiger partial charge is 0.330 e. The Kier molecular flexibility index (Phi) is 4.77. The summed E-state index contributed by atoms with van der Waals surface area (Å²) in [6.07, 6.45) is -5.05. The summed E-state index contributed by atoms with van der Waals surface area (Å²) in [5, 5.41) is 1.67. The summed E-state index contributed by atoms with van der Waals surface area (Å²) in [7, 11) is 0. The summed E-state index contributed by atoms with van der Waals surface area (Å²) < 4.78 is 38.5. The SMILES string of the molecule is O=C(CC1Sc2ccc(C(F)(F)F)cc2NC1=O)ON1C(=O)c2ccccc2C1=O. The molecule has 3 amide bonds. The molecule has 0 spiro atoms. The number of hydrogen-bond acceptors (Lipinski definition) is 6. The first-order valence-corrected chi connectivity index (χ1v) is 9.40. The van der Waals surface area contributed by atoms with Crippen LogP contribution in [0.4, 0.5) is 18.9 Å². The third-order valence-corrected chi connectivity index (χ3v) is 5.70. The molecule has 4 rings (SSSR count). The number of fused-ring (bicyclic) bond motifs is 2. The van der Waals surface area contributed by atoms with E-state index < -0.39 is 47.1 Å². The highest BCUT2D eigenvalue weighted by Gasteiger charge is 2.40. The maximum atomic E-state index is 12.8. The van der Waals surface area contributed by atoms with E-state index in [0.717, 1.165) is 23.9 Å². The van der Waals surface area contributed by atoms with E-state index in [1.54, 1.807) is 12.1 Å². The van der Waals surface area contributed by atoms with Gasteiger partial charge in [-0.05, 0) is 30.3 Å². The van der Waals surface area contributed by atoms with Crippen molar-refractivity contribution in [2.24, 2.45) is 0 Å². The van der Waals surface area contributed by atoms with E-state index in [9.17, 15) is 32.3 Å². The van der Waals surface area contributed by atoms with Gasteiger partial charge in [-0.3, -0.25) is 14.4 Å². The molecule has 30 heavy (non-hydrogen) atoms. The van der Waals surface area contributed by atoms with Crippen molar-refractivity contribution in [2.75, 3.05) is 5.32 Å². The fraction of sp³-hybridized carbons (Fsp3) is 0.158. The van der Waals surface area contributed by atoms with Gasteiger partial charge in [-0.1, -0.05) is 17.2 Å². The van der Waals surface area contributed by atoms with Crippen LogP contribution in [-0.2, 0) is 20.6 Å². The second-order valence-electron chi connectivity index (χ2n) is 6.42. The number of thioether (sulfide) groups is 1. The maximum Gasteiger partial charge on any atom is 0.416 e. The number of hydroxylamine groups is 2. The Bertz CT molecular complexity index is 1070. The lowest BCUT2D eigenvalue weighted by Crippen LogP contribution is -2.36. The number of alkyl halides is 3. The van der Waals surface area contributed by atoms with Gasteiger partial charge in [0, 0.05) is 4.90 Å². The van der Waals surface area contributed by atoms with Crippen molar-refractivity contribution in [1.82, 2.24) is 5.06 Å². The Labute approximate surface area is 171 Å². The average Bonchev–Trinajstić information content (AvgIpc) is 2.92. The summed E-state index contributed by atoms with van der Waals surface area (Å²) in [4.78, 5) is 54.1. The molecular weight excluding hydrogens is 425 g/mol. The Morgan fingerprint density at radius 1 is 1.07 bits per heavy atom. The zero-order chi connectivity index (χ0) is 21.6. The van der Waals surface area contributed by atoms with Gasteiger partial charge in [-0.25, -0.2) is 4.79 Å². The summed E-state index contributed by atoms with van der Waals surface area (Å²) in [6.45, 7) is 0. The van der Waals surface area contributed by atoms with Gasteiger partial charge in [0.15, 0.2) is 0 Å². The van der Waals surface area contributed by atoms with Gasteiger partial charge in [0.25, 0.3) is 11.8 Å². The summed E-state index contributed by atoms with van der Waals surface area (Å²) in [6, 6.07) is 8.83. The third kappa shape index (κ3) is 3.52. The molecule has 2 aromatic carbocycles. The van der Waals surface area contributed by atoms with Gasteiger partial charge in [0.05, 0.1) is 34.0 Å². The molecule has 0 fully saturated rings. The molecule has 0 saturated carbocycles. The van der Waals surface area contributed by atoms with Crippen molar-refractivity contribution < 1.29 is 37.2 Å². The van der Waals surface area contributed by atoms with Gasteiger partial charge in [0.2, 0.25) is 5.91 Å². The lowest BCUT2D eigenvalue weighted by Gasteiger charge is -2.24. The fourth-order valence-electron chi connectivity index (χ4n) is 3.00. The van der Waals surface area contributed by atoms with E-state index in [-0.39, 0.29) is 16.8 Å². The van der Waals surface area contributed by atoms with Crippen LogP contribution in [-0.4, -0.2) is 34.0 Å². The monoisotopic (exact) mass is 436 g/mol. The highest BCUT2D eigenvalue weighted by molar-refractivity contribution is 8.01. The van der Waals surface area contributed by atoms with E-state index in [1.165, 1.54) is 18.2 Å². The molecule has 0 bridgehead atoms. The predicted octanol–water partition coefficient (Wildman–Crippen LogP) is 3.26. The first kappa shape index (κ1) is 20.0. The van der Waals surface area contributed by atoms with Crippen LogP contribution in [0.25, 0.3) is 0 Å². The van der Waals surface area contributed by atoms with Crippen LogP contribution in [0, 0.1) is 0 Å². The normalized spacial score (nSPS) is 18.0. The second-order valence-corrected chi connectivity index (χ2v) is 7.67. The summed E-state index contributed by atoms with van der Waals surface area (Å²) in [5.74, 6) is -3.29. The number of nitrogens with zero attached hydrogens (tertiary/aromatic N) is 1. The molecule has 0 aromatic heterocycles. The Morgan fingerprint density at radius 3 is 2.30 bits per heavy atom. The van der Waals surface area contributed by atoms with Crippen LogP contribution in [0.15, 0.2) is 47.4 Å². The molecule has 7 nitrogen and oxygen atoms in total. The molecular formula is C19H11F3N2O5S. The fourth-order valence-corrected chi connectivity index (χ4v) is 4.08. The largest absolute Gasteiger partial charge is 0.416 e. The molecule has 11 heteroatoms. The summed E-state index contributed by atoms with van der Waals surface area (Å²) >= 11 is 0.891. The van der Waals surface area contributed by atoms with Gasteiger partial charge < -0.3 is 10.2 Å². The highest BCUT2D eigenvalue weighted by Crippen LogP contribution is 2.40. The molecule has 2 heterocycles. The molecule has 1 atom stereocenters. The number of hydrogen-bond donors (Lipinski definition) is 1. The molecule has 1 unspecified atom stereocenters. The molecule has 0 aliphatic carbocycles. The first-order valence-electron chi connectivity index (χ1n) is 8.52. The van der Waals surface area contributed by atoms with Crippen LogP contribution < -0.4 is 5.32 Å². The van der Waals surface area contributed by atoms with Gasteiger partial charge >= 0.3 is 12.1 Å². The summed E-state index contributed by atoms with van der Waals surface area (Å²) in [5.41, 5.74) is -0.737. The number of imide groups is 1. The standard InChI is InChI=1S/C19H11F3N2O5S/c20-19(21,22)9-5-6-13-12(7-9)23-16(26)14(30-13)8-15(25)29-24-17(27)10-3-1-2-4-11(10)18(24)28/h1-7,14H,8H2,(H,23,26). The molecule has 2 aliphatic rings. The zero-order valence-corrected chi connectivity index (χ0v) is 15.7. The van der Waals surface area contributed by atoms with Crippen LogP contribution >= 0.6 is 11.8 Å². The number of carbonyl (C=O) groups excluding carboxylic acids is 4. The zero-order valence-electron chi connectivity index (χ0n) is 14.9. The van der Waals surface area contributed by atoms with Crippen molar-refractivity contribution in [3.8, 4) is 0 Å². The number of amides is 3. The first-order chi connectivity index (χ1) is 14.1. The van der Waals surface area contributed by atoms with E-state index in [4.69, 9.17) is 4.84 Å². The second kappa shape index (κ2) is 7.17. The van der Waals surface area contributed by atoms with Crippen LogP contribution in [0.5, 0.6) is 0 Å². The van der Waals surface area contributed by atoms with Gasteiger partial charge in [-0.15, -0.1) is 11.8 Å². The van der Waals surface area contributed by atoms with E-state index in [0.29, 0.717) is 9.96 Å². The Balaban J connectivity index is 1.44. The number of benzene rings is 2. The van der Waals surface area contributed by atoms with Crippen molar-refractivity contribution in [1.29, 1.82) is 0 Å². The number of carbonyl (C=O) groups is 4. The van der Waals surface area contributed by atoms with Gasteiger partial charge in [-0.2, -0.15) is 13.2 Å². The van der Waals surface area contributed by atoms with Crippen LogP contribution in [0.2, 0.25) is 0 Å². The topological polar surface area (TPSA) is 92.8 Å². The van der Waals surface area contributed by atoms with Crippen molar-refractivity contribution in [2.45, 2.75) is 22.7 Å². The van der Waals surface area contributed by atoms with Crippen molar-refractivity contribution >= 4 is 41.1 Å². The van der Waals surface area contributed by atoms with Crippen molar-refractivity contribution in [3.05, 3.63) is 59.2 Å².